The third-order valence-electron chi connectivity index (χ3n) is 2.62. The minimum atomic E-state index is -3.69. The standard InChI is InChI=1S/C11H12BrN3O4S2/c1-14(4-9-2-8(12)7-20-9)21(18,19)10-3-13-15(5-10)6-11(16)17/h2-3,5,7H,4,6H2,1H3,(H,16,17). The van der Waals surface area contributed by atoms with E-state index < -0.39 is 16.0 Å². The molecule has 2 aromatic rings. The first-order chi connectivity index (χ1) is 9.79. The van der Waals surface area contributed by atoms with Crippen LogP contribution in [0.4, 0.5) is 0 Å². The normalized spacial score (nSPS) is 12.0. The zero-order chi connectivity index (χ0) is 15.6. The molecule has 0 atom stereocenters. The topological polar surface area (TPSA) is 92.5 Å². The van der Waals surface area contributed by atoms with Crippen LogP contribution in [-0.2, 0) is 27.9 Å². The predicted octanol–water partition coefficient (Wildman–Crippen LogP) is 1.61. The third kappa shape index (κ3) is 3.90. The molecule has 0 aliphatic carbocycles. The van der Waals surface area contributed by atoms with E-state index in [0.717, 1.165) is 20.2 Å². The summed E-state index contributed by atoms with van der Waals surface area (Å²) in [4.78, 5) is 11.4. The number of carbonyl (C=O) groups is 1. The van der Waals surface area contributed by atoms with Crippen LogP contribution in [0.15, 0.2) is 33.2 Å². The lowest BCUT2D eigenvalue weighted by Crippen LogP contribution is -2.25. The molecule has 2 rings (SSSR count). The van der Waals surface area contributed by atoms with E-state index in [0.29, 0.717) is 0 Å². The van der Waals surface area contributed by atoms with Gasteiger partial charge in [0.1, 0.15) is 11.4 Å². The first-order valence-corrected chi connectivity index (χ1v) is 8.84. The molecular weight excluding hydrogens is 382 g/mol. The highest BCUT2D eigenvalue weighted by Gasteiger charge is 2.23. The molecule has 21 heavy (non-hydrogen) atoms. The quantitative estimate of drug-likeness (QED) is 0.804. The molecule has 0 saturated carbocycles. The molecule has 2 aromatic heterocycles. The maximum atomic E-state index is 12.4. The Kier molecular flexibility index (Phi) is 4.81. The number of nitrogens with zero attached hydrogens (tertiary/aromatic N) is 3. The average molecular weight is 394 g/mol. The Morgan fingerprint density at radius 1 is 1.57 bits per heavy atom. The fourth-order valence-corrected chi connectivity index (χ4v) is 4.31. The third-order valence-corrected chi connectivity index (χ3v) is 6.05. The maximum absolute atomic E-state index is 12.4. The second kappa shape index (κ2) is 6.26. The smallest absolute Gasteiger partial charge is 0.325 e. The summed E-state index contributed by atoms with van der Waals surface area (Å²) in [5, 5.41) is 14.3. The Balaban J connectivity index is 2.16. The van der Waals surface area contributed by atoms with Crippen molar-refractivity contribution in [2.24, 2.45) is 0 Å². The van der Waals surface area contributed by atoms with Crippen molar-refractivity contribution in [1.82, 2.24) is 14.1 Å². The number of halogens is 1. The van der Waals surface area contributed by atoms with Crippen LogP contribution in [0.3, 0.4) is 0 Å². The fraction of sp³-hybridized carbons (Fsp3) is 0.273. The molecule has 1 N–H and O–H groups in total. The minimum absolute atomic E-state index is 0.0260. The van der Waals surface area contributed by atoms with Gasteiger partial charge in [-0.2, -0.15) is 9.40 Å². The Morgan fingerprint density at radius 2 is 2.29 bits per heavy atom. The van der Waals surface area contributed by atoms with Crippen molar-refractivity contribution < 1.29 is 18.3 Å². The highest BCUT2D eigenvalue weighted by Crippen LogP contribution is 2.23. The van der Waals surface area contributed by atoms with Gasteiger partial charge in [-0.1, -0.05) is 0 Å². The number of hydrogen-bond acceptors (Lipinski definition) is 5. The van der Waals surface area contributed by atoms with E-state index in [1.165, 1.54) is 28.9 Å². The number of hydrogen-bond donors (Lipinski definition) is 1. The summed E-state index contributed by atoms with van der Waals surface area (Å²) in [7, 11) is -2.22. The van der Waals surface area contributed by atoms with E-state index in [1.807, 2.05) is 11.4 Å². The lowest BCUT2D eigenvalue weighted by molar-refractivity contribution is -0.137. The number of sulfonamides is 1. The number of carboxylic acids is 1. The molecule has 0 bridgehead atoms. The Labute approximate surface area is 134 Å². The van der Waals surface area contributed by atoms with Crippen LogP contribution in [0.25, 0.3) is 0 Å². The SMILES string of the molecule is CN(Cc1cc(Br)cs1)S(=O)(=O)c1cnn(CC(=O)O)c1. The van der Waals surface area contributed by atoms with Gasteiger partial charge >= 0.3 is 5.97 Å². The summed E-state index contributed by atoms with van der Waals surface area (Å²) in [5.74, 6) is -1.08. The second-order valence-electron chi connectivity index (χ2n) is 4.26. The monoisotopic (exact) mass is 393 g/mol. The summed E-state index contributed by atoms with van der Waals surface area (Å²) >= 11 is 4.77. The van der Waals surface area contributed by atoms with Gasteiger partial charge in [-0.05, 0) is 22.0 Å². The van der Waals surface area contributed by atoms with Crippen LogP contribution < -0.4 is 0 Å². The lowest BCUT2D eigenvalue weighted by Gasteiger charge is -2.14. The zero-order valence-electron chi connectivity index (χ0n) is 10.9. The Morgan fingerprint density at radius 3 is 2.86 bits per heavy atom. The van der Waals surface area contributed by atoms with Gasteiger partial charge in [-0.15, -0.1) is 11.3 Å². The molecule has 7 nitrogen and oxygen atoms in total. The molecule has 0 aliphatic heterocycles. The van der Waals surface area contributed by atoms with Crippen molar-refractivity contribution in [2.75, 3.05) is 7.05 Å². The molecule has 114 valence electrons. The molecule has 2 heterocycles. The molecule has 0 fully saturated rings. The van der Waals surface area contributed by atoms with E-state index in [2.05, 4.69) is 21.0 Å². The molecule has 0 saturated heterocycles. The number of aromatic nitrogens is 2. The summed E-state index contributed by atoms with van der Waals surface area (Å²) in [5.41, 5.74) is 0. The summed E-state index contributed by atoms with van der Waals surface area (Å²) < 4.78 is 27.9. The van der Waals surface area contributed by atoms with E-state index in [9.17, 15) is 13.2 Å². The highest BCUT2D eigenvalue weighted by molar-refractivity contribution is 9.10. The molecule has 0 radical (unpaired) electrons. The van der Waals surface area contributed by atoms with Gasteiger partial charge in [0.25, 0.3) is 0 Å². The number of thiophene rings is 1. The van der Waals surface area contributed by atoms with Crippen LogP contribution in [0.5, 0.6) is 0 Å². The Bertz CT molecular complexity index is 753. The van der Waals surface area contributed by atoms with Crippen molar-refractivity contribution in [1.29, 1.82) is 0 Å². The van der Waals surface area contributed by atoms with E-state index in [-0.39, 0.29) is 18.0 Å². The first-order valence-electron chi connectivity index (χ1n) is 5.72. The second-order valence-corrected chi connectivity index (χ2v) is 8.22. The fourth-order valence-electron chi connectivity index (χ4n) is 1.62. The van der Waals surface area contributed by atoms with Gasteiger partial charge in [0.15, 0.2) is 0 Å². The summed E-state index contributed by atoms with van der Waals surface area (Å²) in [6.07, 6.45) is 2.36. The van der Waals surface area contributed by atoms with Crippen molar-refractivity contribution in [3.05, 3.63) is 33.2 Å². The van der Waals surface area contributed by atoms with Gasteiger partial charge in [0.05, 0.1) is 6.20 Å². The van der Waals surface area contributed by atoms with Gasteiger partial charge in [0.2, 0.25) is 10.0 Å². The zero-order valence-corrected chi connectivity index (χ0v) is 14.2. The van der Waals surface area contributed by atoms with Gasteiger partial charge in [-0.25, -0.2) is 8.42 Å². The van der Waals surface area contributed by atoms with Crippen molar-refractivity contribution >= 4 is 43.3 Å². The molecule has 0 aromatic carbocycles. The minimum Gasteiger partial charge on any atom is -0.480 e. The van der Waals surface area contributed by atoms with Crippen LogP contribution >= 0.6 is 27.3 Å². The lowest BCUT2D eigenvalue weighted by atomic mass is 10.5. The van der Waals surface area contributed by atoms with Gasteiger partial charge in [-0.3, -0.25) is 9.48 Å². The summed E-state index contributed by atoms with van der Waals surface area (Å²) in [6, 6.07) is 1.85. The van der Waals surface area contributed by atoms with Crippen molar-refractivity contribution in [3.8, 4) is 0 Å². The van der Waals surface area contributed by atoms with E-state index >= 15 is 0 Å². The summed E-state index contributed by atoms with van der Waals surface area (Å²) in [6.45, 7) is -0.139. The molecule has 10 heteroatoms. The average Bonchev–Trinajstić information content (AvgIpc) is 2.98. The molecule has 0 spiro atoms. The number of aliphatic carboxylic acids is 1. The van der Waals surface area contributed by atoms with Crippen LogP contribution in [0.1, 0.15) is 4.88 Å². The van der Waals surface area contributed by atoms with E-state index in [1.54, 1.807) is 0 Å². The molecule has 0 amide bonds. The highest BCUT2D eigenvalue weighted by atomic mass is 79.9. The maximum Gasteiger partial charge on any atom is 0.325 e. The van der Waals surface area contributed by atoms with Crippen LogP contribution in [0.2, 0.25) is 0 Å². The molecule has 0 unspecified atom stereocenters. The van der Waals surface area contributed by atoms with Gasteiger partial charge in [0, 0.05) is 34.5 Å². The molecular formula is C11H12BrN3O4S2. The van der Waals surface area contributed by atoms with Crippen LogP contribution in [0, 0.1) is 0 Å². The van der Waals surface area contributed by atoms with Crippen molar-refractivity contribution in [3.63, 3.8) is 0 Å². The predicted molar refractivity (Wildman–Crippen MR) is 80.5 cm³/mol. The van der Waals surface area contributed by atoms with Crippen molar-refractivity contribution in [2.45, 2.75) is 18.0 Å². The Hall–Kier alpha value is -1.23. The number of carboxylic acid groups (broad SMARTS) is 1. The van der Waals surface area contributed by atoms with Gasteiger partial charge < -0.3 is 5.11 Å². The van der Waals surface area contributed by atoms with E-state index in [4.69, 9.17) is 5.11 Å². The molecule has 0 aliphatic rings. The number of rotatable bonds is 6. The first kappa shape index (κ1) is 16.1. The largest absolute Gasteiger partial charge is 0.480 e. The van der Waals surface area contributed by atoms with Crippen LogP contribution in [-0.4, -0.2) is 40.6 Å².